The van der Waals surface area contributed by atoms with Crippen LogP contribution in [-0.2, 0) is 11.3 Å². The van der Waals surface area contributed by atoms with Crippen molar-refractivity contribution in [1.82, 2.24) is 10.6 Å². The Kier molecular flexibility index (Phi) is 6.92. The molecule has 2 N–H and O–H groups in total. The molecule has 116 valence electrons. The van der Waals surface area contributed by atoms with E-state index >= 15 is 0 Å². The Bertz CT molecular complexity index is 496. The van der Waals surface area contributed by atoms with Gasteiger partial charge in [0.1, 0.15) is 5.75 Å². The topological polar surface area (TPSA) is 50.4 Å². The van der Waals surface area contributed by atoms with E-state index in [4.69, 9.17) is 4.74 Å². The van der Waals surface area contributed by atoms with E-state index in [9.17, 15) is 4.79 Å². The standard InChI is InChI=1S/C16H23BrN2O2/c1-5-8-18-15(20)11-21-14-7-6-12(9-13(14)17)10-19-16(2,3)4/h5-7,9,19H,1,8,10-11H2,2-4H3,(H,18,20). The van der Waals surface area contributed by atoms with E-state index in [0.717, 1.165) is 16.6 Å². The SMILES string of the molecule is C=CCNC(=O)COc1ccc(CNC(C)(C)C)cc1Br. The fourth-order valence-electron chi connectivity index (χ4n) is 1.52. The molecule has 0 spiro atoms. The summed E-state index contributed by atoms with van der Waals surface area (Å²) in [5.41, 5.74) is 1.23. The molecular weight excluding hydrogens is 332 g/mol. The summed E-state index contributed by atoms with van der Waals surface area (Å²) in [6.45, 7) is 11.1. The fourth-order valence-corrected chi connectivity index (χ4v) is 2.06. The van der Waals surface area contributed by atoms with Crippen molar-refractivity contribution in [3.05, 3.63) is 40.9 Å². The van der Waals surface area contributed by atoms with Gasteiger partial charge in [-0.2, -0.15) is 0 Å². The quantitative estimate of drug-likeness (QED) is 0.740. The highest BCUT2D eigenvalue weighted by molar-refractivity contribution is 9.10. The first-order chi connectivity index (χ1) is 9.81. The minimum Gasteiger partial charge on any atom is -0.483 e. The third-order valence-electron chi connectivity index (χ3n) is 2.62. The highest BCUT2D eigenvalue weighted by atomic mass is 79.9. The number of amides is 1. The number of carbonyl (C=O) groups is 1. The van der Waals surface area contributed by atoms with Crippen molar-refractivity contribution in [1.29, 1.82) is 0 Å². The van der Waals surface area contributed by atoms with E-state index in [-0.39, 0.29) is 18.1 Å². The number of rotatable bonds is 7. The number of benzene rings is 1. The monoisotopic (exact) mass is 354 g/mol. The van der Waals surface area contributed by atoms with Crippen LogP contribution in [0.4, 0.5) is 0 Å². The van der Waals surface area contributed by atoms with Gasteiger partial charge in [0.25, 0.3) is 5.91 Å². The van der Waals surface area contributed by atoms with Crippen LogP contribution in [0, 0.1) is 0 Å². The average molecular weight is 355 g/mol. The summed E-state index contributed by atoms with van der Waals surface area (Å²) >= 11 is 3.47. The molecule has 0 heterocycles. The highest BCUT2D eigenvalue weighted by Gasteiger charge is 2.10. The Morgan fingerprint density at radius 3 is 2.71 bits per heavy atom. The Hall–Kier alpha value is -1.33. The third kappa shape index (κ3) is 7.29. The molecule has 1 aromatic rings. The van der Waals surface area contributed by atoms with Crippen LogP contribution < -0.4 is 15.4 Å². The van der Waals surface area contributed by atoms with Crippen LogP contribution in [0.3, 0.4) is 0 Å². The molecule has 4 nitrogen and oxygen atoms in total. The van der Waals surface area contributed by atoms with Gasteiger partial charge in [0, 0.05) is 18.6 Å². The van der Waals surface area contributed by atoms with Gasteiger partial charge in [-0.3, -0.25) is 4.79 Å². The number of hydrogen-bond donors (Lipinski definition) is 2. The molecule has 5 heteroatoms. The lowest BCUT2D eigenvalue weighted by molar-refractivity contribution is -0.122. The Morgan fingerprint density at radius 2 is 2.14 bits per heavy atom. The van der Waals surface area contributed by atoms with Gasteiger partial charge in [0.15, 0.2) is 6.61 Å². The summed E-state index contributed by atoms with van der Waals surface area (Å²) in [5.74, 6) is 0.489. The highest BCUT2D eigenvalue weighted by Crippen LogP contribution is 2.26. The fraction of sp³-hybridized carbons (Fsp3) is 0.438. The Labute approximate surface area is 135 Å². The molecule has 1 amide bonds. The maximum atomic E-state index is 11.5. The zero-order chi connectivity index (χ0) is 15.9. The van der Waals surface area contributed by atoms with Crippen LogP contribution >= 0.6 is 15.9 Å². The average Bonchev–Trinajstić information content (AvgIpc) is 2.41. The third-order valence-corrected chi connectivity index (χ3v) is 3.24. The van der Waals surface area contributed by atoms with Crippen LogP contribution in [0.5, 0.6) is 5.75 Å². The van der Waals surface area contributed by atoms with Crippen molar-refractivity contribution in [2.24, 2.45) is 0 Å². The van der Waals surface area contributed by atoms with Crippen molar-refractivity contribution in [2.45, 2.75) is 32.9 Å². The predicted molar refractivity (Wildman–Crippen MR) is 89.4 cm³/mol. The van der Waals surface area contributed by atoms with Crippen LogP contribution in [0.25, 0.3) is 0 Å². The molecule has 0 aliphatic heterocycles. The van der Waals surface area contributed by atoms with Crippen LogP contribution in [0.2, 0.25) is 0 Å². The number of ether oxygens (including phenoxy) is 1. The van der Waals surface area contributed by atoms with Crippen LogP contribution in [0.1, 0.15) is 26.3 Å². The smallest absolute Gasteiger partial charge is 0.258 e. The number of halogens is 1. The summed E-state index contributed by atoms with van der Waals surface area (Å²) in [6.07, 6.45) is 1.63. The second-order valence-corrected chi connectivity index (χ2v) is 6.60. The molecule has 0 aliphatic carbocycles. The van der Waals surface area contributed by atoms with Gasteiger partial charge in [0.2, 0.25) is 0 Å². The lowest BCUT2D eigenvalue weighted by Gasteiger charge is -2.20. The van der Waals surface area contributed by atoms with Crippen molar-refractivity contribution in [3.8, 4) is 5.75 Å². The first kappa shape index (κ1) is 17.7. The summed E-state index contributed by atoms with van der Waals surface area (Å²) < 4.78 is 6.32. The van der Waals surface area contributed by atoms with Gasteiger partial charge in [-0.25, -0.2) is 0 Å². The van der Waals surface area contributed by atoms with Crippen LogP contribution in [0.15, 0.2) is 35.3 Å². The van der Waals surface area contributed by atoms with Crippen molar-refractivity contribution in [2.75, 3.05) is 13.2 Å². The first-order valence-corrected chi connectivity index (χ1v) is 7.65. The van der Waals surface area contributed by atoms with E-state index in [1.165, 1.54) is 0 Å². The molecule has 1 rings (SSSR count). The molecule has 0 bridgehead atoms. The molecule has 0 saturated heterocycles. The largest absolute Gasteiger partial charge is 0.483 e. The molecule has 0 atom stereocenters. The maximum Gasteiger partial charge on any atom is 0.258 e. The van der Waals surface area contributed by atoms with Gasteiger partial charge in [-0.1, -0.05) is 12.1 Å². The van der Waals surface area contributed by atoms with Crippen molar-refractivity contribution < 1.29 is 9.53 Å². The van der Waals surface area contributed by atoms with Crippen LogP contribution in [-0.4, -0.2) is 24.6 Å². The zero-order valence-electron chi connectivity index (χ0n) is 12.8. The second-order valence-electron chi connectivity index (χ2n) is 5.75. The summed E-state index contributed by atoms with van der Waals surface area (Å²) in [4.78, 5) is 11.5. The Balaban J connectivity index is 2.54. The van der Waals surface area contributed by atoms with Gasteiger partial charge >= 0.3 is 0 Å². The van der Waals surface area contributed by atoms with Gasteiger partial charge in [0.05, 0.1) is 4.47 Å². The van der Waals surface area contributed by atoms with E-state index in [1.54, 1.807) is 6.08 Å². The van der Waals surface area contributed by atoms with Gasteiger partial charge in [-0.15, -0.1) is 6.58 Å². The molecule has 1 aromatic carbocycles. The summed E-state index contributed by atoms with van der Waals surface area (Å²) in [5, 5.41) is 6.09. The second kappa shape index (κ2) is 8.20. The molecule has 0 saturated carbocycles. The predicted octanol–water partition coefficient (Wildman–Crippen LogP) is 3.02. The number of nitrogens with one attached hydrogen (secondary N) is 2. The van der Waals surface area contributed by atoms with Crippen molar-refractivity contribution in [3.63, 3.8) is 0 Å². The normalized spacial score (nSPS) is 11.0. The maximum absolute atomic E-state index is 11.5. The van der Waals surface area contributed by atoms with Gasteiger partial charge in [-0.05, 0) is 54.4 Å². The van der Waals surface area contributed by atoms with Gasteiger partial charge < -0.3 is 15.4 Å². The Morgan fingerprint density at radius 1 is 1.43 bits per heavy atom. The van der Waals surface area contributed by atoms with E-state index < -0.39 is 0 Å². The number of hydrogen-bond acceptors (Lipinski definition) is 3. The lowest BCUT2D eigenvalue weighted by Crippen LogP contribution is -2.35. The molecule has 21 heavy (non-hydrogen) atoms. The minimum atomic E-state index is -0.166. The van der Waals surface area contributed by atoms with E-state index in [0.29, 0.717) is 12.3 Å². The van der Waals surface area contributed by atoms with E-state index in [2.05, 4.69) is 53.9 Å². The van der Waals surface area contributed by atoms with Crippen molar-refractivity contribution >= 4 is 21.8 Å². The minimum absolute atomic E-state index is 0.00791. The van der Waals surface area contributed by atoms with E-state index in [1.807, 2.05) is 18.2 Å². The lowest BCUT2D eigenvalue weighted by atomic mass is 10.1. The molecule has 0 fully saturated rings. The molecular formula is C16H23BrN2O2. The first-order valence-electron chi connectivity index (χ1n) is 6.85. The molecule has 0 aliphatic rings. The summed E-state index contributed by atoms with van der Waals surface area (Å²) in [7, 11) is 0. The zero-order valence-corrected chi connectivity index (χ0v) is 14.4. The molecule has 0 radical (unpaired) electrons. The molecule has 0 aromatic heterocycles. The number of carbonyl (C=O) groups excluding carboxylic acids is 1. The summed E-state index contributed by atoms with van der Waals surface area (Å²) in [6, 6.07) is 5.85. The molecule has 0 unspecified atom stereocenters.